The molecule has 0 aliphatic heterocycles. The van der Waals surface area contributed by atoms with Gasteiger partial charge in [-0.15, -0.1) is 0 Å². The first-order valence-electron chi connectivity index (χ1n) is 4.40. The highest BCUT2D eigenvalue weighted by atomic mass is 19.4. The lowest BCUT2D eigenvalue weighted by Crippen LogP contribution is -2.30. The van der Waals surface area contributed by atoms with E-state index in [0.717, 1.165) is 6.20 Å². The molecule has 90 valence electrons. The van der Waals surface area contributed by atoms with Crippen LogP contribution in [0.15, 0.2) is 24.3 Å². The van der Waals surface area contributed by atoms with Gasteiger partial charge in [0.1, 0.15) is 6.54 Å². The van der Waals surface area contributed by atoms with Crippen molar-refractivity contribution in [3.63, 3.8) is 0 Å². The Labute approximate surface area is 89.9 Å². The van der Waals surface area contributed by atoms with E-state index in [4.69, 9.17) is 11.5 Å². The standard InChI is InChI=1S/C8H12F3N5/c9-8(10,11)5-14-7(1-12)4-16-3-6(13)2-15-16/h1-3,14H,4-5,12-13H2/b7-1-. The van der Waals surface area contributed by atoms with Crippen LogP contribution in [0.4, 0.5) is 18.9 Å². The summed E-state index contributed by atoms with van der Waals surface area (Å²) in [4.78, 5) is 0. The molecule has 0 aromatic carbocycles. The first-order chi connectivity index (χ1) is 7.40. The first kappa shape index (κ1) is 12.2. The van der Waals surface area contributed by atoms with Crippen molar-refractivity contribution in [2.24, 2.45) is 5.73 Å². The second kappa shape index (κ2) is 4.77. The number of rotatable bonds is 4. The zero-order valence-electron chi connectivity index (χ0n) is 8.33. The lowest BCUT2D eigenvalue weighted by Gasteiger charge is -2.12. The van der Waals surface area contributed by atoms with Crippen molar-refractivity contribution in [1.82, 2.24) is 15.1 Å². The first-order valence-corrected chi connectivity index (χ1v) is 4.40. The highest BCUT2D eigenvalue weighted by molar-refractivity contribution is 5.30. The lowest BCUT2D eigenvalue weighted by molar-refractivity contribution is -0.123. The Balaban J connectivity index is 2.51. The van der Waals surface area contributed by atoms with E-state index in [1.807, 2.05) is 0 Å². The second-order valence-electron chi connectivity index (χ2n) is 3.13. The molecule has 0 radical (unpaired) electrons. The van der Waals surface area contributed by atoms with Crippen LogP contribution < -0.4 is 16.8 Å². The quantitative estimate of drug-likeness (QED) is 0.706. The summed E-state index contributed by atoms with van der Waals surface area (Å²) in [5.74, 6) is 0. The molecule has 0 saturated carbocycles. The molecule has 0 aliphatic carbocycles. The van der Waals surface area contributed by atoms with Crippen molar-refractivity contribution in [2.45, 2.75) is 12.7 Å². The van der Waals surface area contributed by atoms with Gasteiger partial charge in [0.2, 0.25) is 0 Å². The monoisotopic (exact) mass is 235 g/mol. The summed E-state index contributed by atoms with van der Waals surface area (Å²) < 4.78 is 37.2. The Morgan fingerprint density at radius 1 is 1.56 bits per heavy atom. The second-order valence-corrected chi connectivity index (χ2v) is 3.13. The van der Waals surface area contributed by atoms with Crippen molar-refractivity contribution in [1.29, 1.82) is 0 Å². The maximum atomic E-state index is 11.9. The van der Waals surface area contributed by atoms with Gasteiger partial charge in [-0.3, -0.25) is 4.68 Å². The van der Waals surface area contributed by atoms with E-state index in [-0.39, 0.29) is 12.2 Å². The minimum atomic E-state index is -4.28. The topological polar surface area (TPSA) is 81.9 Å². The fourth-order valence-corrected chi connectivity index (χ4v) is 1.02. The van der Waals surface area contributed by atoms with Crippen LogP contribution in [0.3, 0.4) is 0 Å². The molecule has 16 heavy (non-hydrogen) atoms. The molecule has 5 N–H and O–H groups in total. The number of nitrogens with two attached hydrogens (primary N) is 2. The Hall–Kier alpha value is -1.86. The van der Waals surface area contributed by atoms with Crippen molar-refractivity contribution in [3.05, 3.63) is 24.3 Å². The Morgan fingerprint density at radius 2 is 2.25 bits per heavy atom. The minimum absolute atomic E-state index is 0.115. The fourth-order valence-electron chi connectivity index (χ4n) is 1.02. The number of hydrogen-bond donors (Lipinski definition) is 3. The third-order valence-electron chi connectivity index (χ3n) is 1.70. The van der Waals surface area contributed by atoms with Crippen molar-refractivity contribution >= 4 is 5.69 Å². The molecule has 1 heterocycles. The maximum absolute atomic E-state index is 11.9. The zero-order chi connectivity index (χ0) is 12.2. The molecule has 0 bridgehead atoms. The van der Waals surface area contributed by atoms with Crippen LogP contribution in [0, 0.1) is 0 Å². The summed E-state index contributed by atoms with van der Waals surface area (Å²) in [5.41, 5.74) is 11.3. The van der Waals surface area contributed by atoms with Gasteiger partial charge in [0.25, 0.3) is 0 Å². The summed E-state index contributed by atoms with van der Waals surface area (Å²) in [6.45, 7) is -1.02. The summed E-state index contributed by atoms with van der Waals surface area (Å²) in [6.07, 6.45) is -0.308. The van der Waals surface area contributed by atoms with E-state index in [2.05, 4.69) is 10.4 Å². The summed E-state index contributed by atoms with van der Waals surface area (Å²) >= 11 is 0. The number of anilines is 1. The molecule has 5 nitrogen and oxygen atoms in total. The molecule has 1 rings (SSSR count). The molecule has 0 aliphatic rings. The van der Waals surface area contributed by atoms with Crippen molar-refractivity contribution in [3.8, 4) is 0 Å². The molecule has 8 heteroatoms. The highest BCUT2D eigenvalue weighted by Crippen LogP contribution is 2.13. The molecule has 0 spiro atoms. The van der Waals surface area contributed by atoms with Crippen LogP contribution in [0.5, 0.6) is 0 Å². The van der Waals surface area contributed by atoms with Crippen molar-refractivity contribution in [2.75, 3.05) is 12.3 Å². The lowest BCUT2D eigenvalue weighted by atomic mass is 10.4. The predicted molar refractivity (Wildman–Crippen MR) is 53.0 cm³/mol. The summed E-state index contributed by atoms with van der Waals surface area (Å²) in [7, 11) is 0. The van der Waals surface area contributed by atoms with Gasteiger partial charge < -0.3 is 16.8 Å². The zero-order valence-corrected chi connectivity index (χ0v) is 8.33. The molecule has 0 unspecified atom stereocenters. The van der Waals surface area contributed by atoms with Gasteiger partial charge in [-0.2, -0.15) is 18.3 Å². The van der Waals surface area contributed by atoms with Crippen LogP contribution in [0.25, 0.3) is 0 Å². The molecular weight excluding hydrogens is 223 g/mol. The number of alkyl halides is 3. The van der Waals surface area contributed by atoms with E-state index in [1.165, 1.54) is 17.1 Å². The van der Waals surface area contributed by atoms with E-state index in [9.17, 15) is 13.2 Å². The van der Waals surface area contributed by atoms with Crippen molar-refractivity contribution < 1.29 is 13.2 Å². The summed E-state index contributed by atoms with van der Waals surface area (Å²) in [6, 6.07) is 0. The number of hydrogen-bond acceptors (Lipinski definition) is 4. The number of aromatic nitrogens is 2. The van der Waals surface area contributed by atoms with E-state index >= 15 is 0 Å². The third kappa shape index (κ3) is 4.11. The number of allylic oxidation sites excluding steroid dienone is 1. The van der Waals surface area contributed by atoms with Crippen LogP contribution in [-0.4, -0.2) is 22.5 Å². The Bertz CT molecular complexity index is 368. The van der Waals surface area contributed by atoms with Gasteiger partial charge in [0.05, 0.1) is 18.4 Å². The number of nitrogens with zero attached hydrogens (tertiary/aromatic N) is 2. The van der Waals surface area contributed by atoms with Crippen LogP contribution in [-0.2, 0) is 6.54 Å². The van der Waals surface area contributed by atoms with Gasteiger partial charge in [-0.25, -0.2) is 0 Å². The van der Waals surface area contributed by atoms with Gasteiger partial charge in [-0.1, -0.05) is 0 Å². The van der Waals surface area contributed by atoms with Crippen LogP contribution in [0.1, 0.15) is 0 Å². The van der Waals surface area contributed by atoms with E-state index < -0.39 is 12.7 Å². The number of nitrogen functional groups attached to an aromatic ring is 1. The molecule has 0 fully saturated rings. The normalized spacial score (nSPS) is 12.8. The van der Waals surface area contributed by atoms with Gasteiger partial charge in [0.15, 0.2) is 0 Å². The molecule has 1 aromatic heterocycles. The minimum Gasteiger partial charge on any atom is -0.403 e. The fraction of sp³-hybridized carbons (Fsp3) is 0.375. The summed E-state index contributed by atoms with van der Waals surface area (Å²) in [5, 5.41) is 6.00. The molecule has 0 saturated heterocycles. The van der Waals surface area contributed by atoms with Gasteiger partial charge in [-0.05, 0) is 0 Å². The maximum Gasteiger partial charge on any atom is 0.405 e. The predicted octanol–water partition coefficient (Wildman–Crippen LogP) is 0.417. The number of halogens is 3. The Kier molecular flexibility index (Phi) is 3.64. The largest absolute Gasteiger partial charge is 0.405 e. The molecule has 0 atom stereocenters. The van der Waals surface area contributed by atoms with E-state index in [0.29, 0.717) is 5.69 Å². The van der Waals surface area contributed by atoms with E-state index in [1.54, 1.807) is 0 Å². The number of nitrogens with one attached hydrogen (secondary N) is 1. The third-order valence-corrected chi connectivity index (χ3v) is 1.70. The molecule has 1 aromatic rings. The smallest absolute Gasteiger partial charge is 0.403 e. The highest BCUT2D eigenvalue weighted by Gasteiger charge is 2.26. The van der Waals surface area contributed by atoms with Gasteiger partial charge in [0, 0.05) is 18.1 Å². The average Bonchev–Trinajstić information content (AvgIpc) is 2.57. The van der Waals surface area contributed by atoms with Gasteiger partial charge >= 0.3 is 6.18 Å². The van der Waals surface area contributed by atoms with Crippen LogP contribution >= 0.6 is 0 Å². The average molecular weight is 235 g/mol. The SMILES string of the molecule is N/C=C(/Cn1cc(N)cn1)NCC(F)(F)F. The molecular formula is C8H12F3N5. The van der Waals surface area contributed by atoms with Crippen LogP contribution in [0.2, 0.25) is 0 Å². The Morgan fingerprint density at radius 3 is 2.69 bits per heavy atom. The molecule has 0 amide bonds.